The van der Waals surface area contributed by atoms with Crippen LogP contribution in [0.2, 0.25) is 0 Å². The molecule has 0 aliphatic carbocycles. The number of amides is 1. The van der Waals surface area contributed by atoms with Gasteiger partial charge in [0.2, 0.25) is 0 Å². The van der Waals surface area contributed by atoms with Crippen molar-refractivity contribution in [3.8, 4) is 0 Å². The Morgan fingerprint density at radius 1 is 1.04 bits per heavy atom. The second kappa shape index (κ2) is 9.44. The van der Waals surface area contributed by atoms with Crippen LogP contribution in [0.15, 0.2) is 18.2 Å². The quantitative estimate of drug-likeness (QED) is 0.715. The number of benzene rings is 1. The van der Waals surface area contributed by atoms with Crippen molar-refractivity contribution in [2.75, 3.05) is 6.61 Å². The zero-order chi connectivity index (χ0) is 20.0. The van der Waals surface area contributed by atoms with Gasteiger partial charge in [-0.25, -0.2) is 14.8 Å². The number of aryl methyl sites for hydroxylation is 2. The lowest BCUT2D eigenvalue weighted by atomic mass is 10.0. The molecule has 146 valence electrons. The van der Waals surface area contributed by atoms with Gasteiger partial charge in [-0.05, 0) is 51.3 Å². The molecule has 1 aromatic carbocycles. The van der Waals surface area contributed by atoms with Gasteiger partial charge in [0, 0.05) is 6.04 Å². The zero-order valence-corrected chi connectivity index (χ0v) is 16.8. The third-order valence-corrected chi connectivity index (χ3v) is 4.47. The van der Waals surface area contributed by atoms with Gasteiger partial charge >= 0.3 is 5.97 Å². The molecule has 27 heavy (non-hydrogen) atoms. The molecule has 0 aliphatic heterocycles. The van der Waals surface area contributed by atoms with E-state index in [1.54, 1.807) is 18.2 Å². The maximum Gasteiger partial charge on any atom is 0.338 e. The summed E-state index contributed by atoms with van der Waals surface area (Å²) in [5, 5.41) is 2.87. The first kappa shape index (κ1) is 20.8. The fraction of sp³-hybridized carbons (Fsp3) is 0.524. The van der Waals surface area contributed by atoms with Crippen LogP contribution in [-0.4, -0.2) is 34.5 Å². The lowest BCUT2D eigenvalue weighted by Crippen LogP contribution is -2.35. The third kappa shape index (κ3) is 6.31. The average molecular weight is 371 g/mol. The number of hydrogen-bond acceptors (Lipinski definition) is 5. The van der Waals surface area contributed by atoms with E-state index in [4.69, 9.17) is 4.74 Å². The van der Waals surface area contributed by atoms with Crippen molar-refractivity contribution < 1.29 is 14.3 Å². The van der Waals surface area contributed by atoms with Crippen LogP contribution >= 0.6 is 0 Å². The van der Waals surface area contributed by atoms with Crippen LogP contribution in [0.25, 0.3) is 11.0 Å². The molecule has 1 N–H and O–H groups in total. The van der Waals surface area contributed by atoms with Crippen LogP contribution in [0.4, 0.5) is 0 Å². The minimum atomic E-state index is -0.542. The molecule has 0 saturated heterocycles. The molecule has 2 rings (SSSR count). The molecule has 1 atom stereocenters. The third-order valence-electron chi connectivity index (χ3n) is 4.47. The van der Waals surface area contributed by atoms with Gasteiger partial charge < -0.3 is 10.1 Å². The van der Waals surface area contributed by atoms with Gasteiger partial charge in [0.25, 0.3) is 5.91 Å². The molecule has 1 amide bonds. The number of nitrogens with one attached hydrogen (secondary N) is 1. The van der Waals surface area contributed by atoms with E-state index in [0.29, 0.717) is 17.0 Å². The van der Waals surface area contributed by atoms with Gasteiger partial charge in [-0.15, -0.1) is 0 Å². The molecule has 1 aromatic heterocycles. The minimum Gasteiger partial charge on any atom is -0.452 e. The lowest BCUT2D eigenvalue weighted by molar-refractivity contribution is -0.124. The molecular weight excluding hydrogens is 342 g/mol. The second-order valence-corrected chi connectivity index (χ2v) is 7.47. The summed E-state index contributed by atoms with van der Waals surface area (Å²) in [5.74, 6) is -0.166. The molecule has 0 saturated carbocycles. The Balaban J connectivity index is 1.87. The summed E-state index contributed by atoms with van der Waals surface area (Å²) < 4.78 is 5.14. The van der Waals surface area contributed by atoms with Crippen LogP contribution < -0.4 is 5.32 Å². The predicted octanol–water partition coefficient (Wildman–Crippen LogP) is 3.73. The summed E-state index contributed by atoms with van der Waals surface area (Å²) in [5.41, 5.74) is 3.40. The highest BCUT2D eigenvalue weighted by atomic mass is 16.5. The molecule has 6 nitrogen and oxygen atoms in total. The largest absolute Gasteiger partial charge is 0.452 e. The van der Waals surface area contributed by atoms with E-state index in [9.17, 15) is 9.59 Å². The lowest BCUT2D eigenvalue weighted by Gasteiger charge is -2.14. The topological polar surface area (TPSA) is 81.2 Å². The van der Waals surface area contributed by atoms with Crippen molar-refractivity contribution in [3.05, 3.63) is 35.2 Å². The van der Waals surface area contributed by atoms with Crippen molar-refractivity contribution in [2.45, 2.75) is 59.9 Å². The first-order chi connectivity index (χ1) is 12.8. The van der Waals surface area contributed by atoms with Crippen LogP contribution in [0.3, 0.4) is 0 Å². The summed E-state index contributed by atoms with van der Waals surface area (Å²) in [4.78, 5) is 33.1. The monoisotopic (exact) mass is 371 g/mol. The SMILES string of the molecule is Cc1nc2ccc(C(=O)OCC(=O)NC(C)CCCC(C)C)cc2nc1C. The Kier molecular flexibility index (Phi) is 7.28. The van der Waals surface area contributed by atoms with Crippen molar-refractivity contribution in [2.24, 2.45) is 5.92 Å². The average Bonchev–Trinajstić information content (AvgIpc) is 2.60. The van der Waals surface area contributed by atoms with E-state index >= 15 is 0 Å². The first-order valence-electron chi connectivity index (χ1n) is 9.47. The fourth-order valence-corrected chi connectivity index (χ4v) is 2.79. The molecule has 0 fully saturated rings. The molecule has 6 heteroatoms. The highest BCUT2D eigenvalue weighted by Gasteiger charge is 2.13. The highest BCUT2D eigenvalue weighted by molar-refractivity contribution is 5.94. The Bertz CT molecular complexity index is 818. The van der Waals surface area contributed by atoms with Crippen molar-refractivity contribution in [3.63, 3.8) is 0 Å². The summed E-state index contributed by atoms with van der Waals surface area (Å²) in [7, 11) is 0. The summed E-state index contributed by atoms with van der Waals surface area (Å²) in [6.07, 6.45) is 3.12. The number of fused-ring (bicyclic) bond motifs is 1. The van der Waals surface area contributed by atoms with Crippen molar-refractivity contribution in [1.29, 1.82) is 0 Å². The number of hydrogen-bond donors (Lipinski definition) is 1. The van der Waals surface area contributed by atoms with E-state index in [0.717, 1.165) is 36.2 Å². The van der Waals surface area contributed by atoms with Gasteiger partial charge in [-0.3, -0.25) is 4.79 Å². The minimum absolute atomic E-state index is 0.0668. The molecule has 0 radical (unpaired) electrons. The van der Waals surface area contributed by atoms with Crippen molar-refractivity contribution in [1.82, 2.24) is 15.3 Å². The van der Waals surface area contributed by atoms with Crippen LogP contribution in [0.5, 0.6) is 0 Å². The molecule has 2 aromatic rings. The van der Waals surface area contributed by atoms with E-state index in [1.165, 1.54) is 0 Å². The summed E-state index contributed by atoms with van der Waals surface area (Å²) in [6.45, 7) is 9.81. The number of carbonyl (C=O) groups is 2. The van der Waals surface area contributed by atoms with Crippen molar-refractivity contribution >= 4 is 22.9 Å². The van der Waals surface area contributed by atoms with Gasteiger partial charge in [0.1, 0.15) is 0 Å². The van der Waals surface area contributed by atoms with Gasteiger partial charge in [-0.2, -0.15) is 0 Å². The smallest absolute Gasteiger partial charge is 0.338 e. The van der Waals surface area contributed by atoms with E-state index in [2.05, 4.69) is 29.1 Å². The van der Waals surface area contributed by atoms with Gasteiger partial charge in [-0.1, -0.05) is 26.7 Å². The molecule has 1 unspecified atom stereocenters. The number of aromatic nitrogens is 2. The molecule has 0 spiro atoms. The Morgan fingerprint density at radius 3 is 2.37 bits per heavy atom. The molecular formula is C21H29N3O3. The molecule has 0 bridgehead atoms. The van der Waals surface area contributed by atoms with Gasteiger partial charge in [0.05, 0.1) is 28.0 Å². The van der Waals surface area contributed by atoms with Crippen LogP contribution in [0, 0.1) is 19.8 Å². The number of ether oxygens (including phenoxy) is 1. The fourth-order valence-electron chi connectivity index (χ4n) is 2.79. The summed E-state index contributed by atoms with van der Waals surface area (Å²) in [6, 6.07) is 5.09. The Morgan fingerprint density at radius 2 is 1.70 bits per heavy atom. The van der Waals surface area contributed by atoms with E-state index in [1.807, 2.05) is 20.8 Å². The van der Waals surface area contributed by atoms with E-state index in [-0.39, 0.29) is 18.6 Å². The Labute approximate surface area is 160 Å². The second-order valence-electron chi connectivity index (χ2n) is 7.47. The van der Waals surface area contributed by atoms with E-state index < -0.39 is 5.97 Å². The van der Waals surface area contributed by atoms with Gasteiger partial charge in [0.15, 0.2) is 6.61 Å². The van der Waals surface area contributed by atoms with Crippen LogP contribution in [-0.2, 0) is 9.53 Å². The number of carbonyl (C=O) groups excluding carboxylic acids is 2. The number of rotatable bonds is 8. The zero-order valence-electron chi connectivity index (χ0n) is 16.8. The molecule has 0 aliphatic rings. The summed E-state index contributed by atoms with van der Waals surface area (Å²) >= 11 is 0. The molecule has 1 heterocycles. The number of nitrogens with zero attached hydrogens (tertiary/aromatic N) is 2. The standard InChI is InChI=1S/C21H29N3O3/c1-13(2)7-6-8-14(3)22-20(25)12-27-21(26)17-9-10-18-19(11-17)24-16(5)15(4)23-18/h9-11,13-14H,6-8,12H2,1-5H3,(H,22,25). The predicted molar refractivity (Wildman–Crippen MR) is 106 cm³/mol. The highest BCUT2D eigenvalue weighted by Crippen LogP contribution is 2.15. The maximum atomic E-state index is 12.2. The Hall–Kier alpha value is -2.50. The normalized spacial score (nSPS) is 12.2. The first-order valence-corrected chi connectivity index (χ1v) is 9.47. The van der Waals surface area contributed by atoms with Crippen LogP contribution in [0.1, 0.15) is 61.8 Å². The number of esters is 1. The maximum absolute atomic E-state index is 12.2.